The Morgan fingerprint density at radius 3 is 2.72 bits per heavy atom. The predicted octanol–water partition coefficient (Wildman–Crippen LogP) is 2.83. The fourth-order valence-electron chi connectivity index (χ4n) is 2.69. The maximum Gasteiger partial charge on any atom is 0.222 e. The van der Waals surface area contributed by atoms with Gasteiger partial charge < -0.3 is 9.73 Å². The van der Waals surface area contributed by atoms with Crippen molar-refractivity contribution in [2.45, 2.75) is 64.2 Å². The molecule has 0 saturated heterocycles. The van der Waals surface area contributed by atoms with Crippen LogP contribution < -0.4 is 5.32 Å². The van der Waals surface area contributed by atoms with Gasteiger partial charge in [-0.25, -0.2) is 0 Å². The van der Waals surface area contributed by atoms with Gasteiger partial charge in [0.25, 0.3) is 0 Å². The molecule has 0 aromatic carbocycles. The highest BCUT2D eigenvalue weighted by Crippen LogP contribution is 2.38. The fourth-order valence-corrected chi connectivity index (χ4v) is 2.69. The minimum atomic E-state index is 0.130. The lowest BCUT2D eigenvalue weighted by molar-refractivity contribution is 0.251. The zero-order valence-electron chi connectivity index (χ0n) is 11.7. The first-order valence-corrected chi connectivity index (χ1v) is 7.28. The molecule has 4 heteroatoms. The van der Waals surface area contributed by atoms with E-state index in [4.69, 9.17) is 4.42 Å². The van der Waals surface area contributed by atoms with Gasteiger partial charge >= 0.3 is 0 Å². The third-order valence-electron chi connectivity index (χ3n) is 3.93. The first kappa shape index (κ1) is 13.5. The number of nitrogens with one attached hydrogen (secondary N) is 1. The van der Waals surface area contributed by atoms with Crippen LogP contribution in [0.5, 0.6) is 0 Å². The minimum Gasteiger partial charge on any atom is -0.425 e. The summed E-state index contributed by atoms with van der Waals surface area (Å²) in [6.45, 7) is 6.43. The van der Waals surface area contributed by atoms with Crippen molar-refractivity contribution >= 4 is 0 Å². The molecule has 1 aromatic rings. The van der Waals surface area contributed by atoms with Crippen molar-refractivity contribution in [3.05, 3.63) is 11.8 Å². The Labute approximate surface area is 110 Å². The van der Waals surface area contributed by atoms with Gasteiger partial charge in [0.05, 0.1) is 0 Å². The molecule has 0 spiro atoms. The van der Waals surface area contributed by atoms with Gasteiger partial charge in [0.1, 0.15) is 0 Å². The van der Waals surface area contributed by atoms with Crippen molar-refractivity contribution in [1.82, 2.24) is 15.5 Å². The fraction of sp³-hybridized carbons (Fsp3) is 0.857. The lowest BCUT2D eigenvalue weighted by Gasteiger charge is -2.29. The van der Waals surface area contributed by atoms with Crippen LogP contribution in [0.3, 0.4) is 0 Å². The van der Waals surface area contributed by atoms with Gasteiger partial charge in [-0.05, 0) is 32.4 Å². The van der Waals surface area contributed by atoms with Gasteiger partial charge in [0.2, 0.25) is 11.8 Å². The summed E-state index contributed by atoms with van der Waals surface area (Å²) in [6.07, 6.45) is 8.24. The van der Waals surface area contributed by atoms with Gasteiger partial charge in [0.15, 0.2) is 0 Å². The Hall–Kier alpha value is -0.900. The lowest BCUT2D eigenvalue weighted by Crippen LogP contribution is -2.25. The Morgan fingerprint density at radius 2 is 2.00 bits per heavy atom. The molecular formula is C14H25N3O. The van der Waals surface area contributed by atoms with Crippen molar-refractivity contribution in [1.29, 1.82) is 0 Å². The lowest BCUT2D eigenvalue weighted by atomic mass is 9.76. The molecule has 2 rings (SSSR count). The molecule has 0 amide bonds. The van der Waals surface area contributed by atoms with E-state index in [-0.39, 0.29) is 5.41 Å². The SMILES string of the molecule is CCNCCCc1nnc(C2(C)CCCCC2)o1. The van der Waals surface area contributed by atoms with Crippen molar-refractivity contribution in [3.63, 3.8) is 0 Å². The first-order valence-electron chi connectivity index (χ1n) is 7.28. The van der Waals surface area contributed by atoms with E-state index in [0.29, 0.717) is 0 Å². The molecular weight excluding hydrogens is 226 g/mol. The largest absolute Gasteiger partial charge is 0.425 e. The first-order chi connectivity index (χ1) is 8.74. The highest BCUT2D eigenvalue weighted by Gasteiger charge is 2.33. The summed E-state index contributed by atoms with van der Waals surface area (Å²) in [6, 6.07) is 0. The summed E-state index contributed by atoms with van der Waals surface area (Å²) in [5.41, 5.74) is 0.130. The molecule has 1 N–H and O–H groups in total. The van der Waals surface area contributed by atoms with Crippen molar-refractivity contribution in [3.8, 4) is 0 Å². The monoisotopic (exact) mass is 251 g/mol. The Morgan fingerprint density at radius 1 is 1.22 bits per heavy atom. The van der Waals surface area contributed by atoms with Gasteiger partial charge in [-0.15, -0.1) is 10.2 Å². The molecule has 0 unspecified atom stereocenters. The minimum absolute atomic E-state index is 0.130. The Kier molecular flexibility index (Phi) is 4.75. The zero-order valence-corrected chi connectivity index (χ0v) is 11.7. The molecule has 102 valence electrons. The molecule has 4 nitrogen and oxygen atoms in total. The standard InChI is InChI=1S/C14H25N3O/c1-3-15-11-7-8-12-16-17-13(18-12)14(2)9-5-4-6-10-14/h15H,3-11H2,1-2H3. The number of rotatable bonds is 6. The van der Waals surface area contributed by atoms with Crippen LogP contribution in [0.1, 0.15) is 64.2 Å². The van der Waals surface area contributed by atoms with Crippen LogP contribution in [0.2, 0.25) is 0 Å². The van der Waals surface area contributed by atoms with E-state index in [2.05, 4.69) is 29.4 Å². The van der Waals surface area contributed by atoms with Gasteiger partial charge in [-0.2, -0.15) is 0 Å². The third-order valence-corrected chi connectivity index (χ3v) is 3.93. The number of hydrogen-bond donors (Lipinski definition) is 1. The molecule has 1 heterocycles. The van der Waals surface area contributed by atoms with Gasteiger partial charge in [0, 0.05) is 11.8 Å². The van der Waals surface area contributed by atoms with Crippen LogP contribution in [0.15, 0.2) is 4.42 Å². The van der Waals surface area contributed by atoms with E-state index in [0.717, 1.165) is 37.7 Å². The van der Waals surface area contributed by atoms with Crippen LogP contribution in [-0.2, 0) is 11.8 Å². The summed E-state index contributed by atoms with van der Waals surface area (Å²) in [5.74, 6) is 1.66. The molecule has 0 atom stereocenters. The molecule has 1 aliphatic rings. The highest BCUT2D eigenvalue weighted by atomic mass is 16.4. The number of hydrogen-bond acceptors (Lipinski definition) is 4. The second-order valence-electron chi connectivity index (χ2n) is 5.58. The summed E-state index contributed by atoms with van der Waals surface area (Å²) < 4.78 is 5.86. The molecule has 18 heavy (non-hydrogen) atoms. The maximum atomic E-state index is 5.86. The van der Waals surface area contributed by atoms with Crippen molar-refractivity contribution < 1.29 is 4.42 Å². The van der Waals surface area contributed by atoms with Gasteiger partial charge in [-0.3, -0.25) is 0 Å². The van der Waals surface area contributed by atoms with Crippen LogP contribution in [0.4, 0.5) is 0 Å². The topological polar surface area (TPSA) is 51.0 Å². The van der Waals surface area contributed by atoms with Crippen molar-refractivity contribution in [2.24, 2.45) is 0 Å². The summed E-state index contributed by atoms with van der Waals surface area (Å²) >= 11 is 0. The Bertz CT molecular complexity index is 356. The zero-order chi connectivity index (χ0) is 12.8. The smallest absolute Gasteiger partial charge is 0.222 e. The van der Waals surface area contributed by atoms with Crippen LogP contribution >= 0.6 is 0 Å². The predicted molar refractivity (Wildman–Crippen MR) is 71.6 cm³/mol. The molecule has 1 aliphatic carbocycles. The summed E-state index contributed by atoms with van der Waals surface area (Å²) in [7, 11) is 0. The number of aromatic nitrogens is 2. The molecule has 1 saturated carbocycles. The van der Waals surface area contributed by atoms with E-state index < -0.39 is 0 Å². The van der Waals surface area contributed by atoms with E-state index in [9.17, 15) is 0 Å². The second-order valence-corrected chi connectivity index (χ2v) is 5.58. The molecule has 0 aliphatic heterocycles. The molecule has 0 radical (unpaired) electrons. The Balaban J connectivity index is 1.88. The van der Waals surface area contributed by atoms with Gasteiger partial charge in [-0.1, -0.05) is 33.1 Å². The van der Waals surface area contributed by atoms with E-state index in [1.54, 1.807) is 0 Å². The quantitative estimate of drug-likeness (QED) is 0.790. The normalized spacial score (nSPS) is 19.0. The van der Waals surface area contributed by atoms with Crippen molar-refractivity contribution in [2.75, 3.05) is 13.1 Å². The summed E-state index contributed by atoms with van der Waals surface area (Å²) in [4.78, 5) is 0. The molecule has 1 aromatic heterocycles. The molecule has 0 bridgehead atoms. The van der Waals surface area contributed by atoms with E-state index >= 15 is 0 Å². The average molecular weight is 251 g/mol. The average Bonchev–Trinajstić information content (AvgIpc) is 2.85. The number of aryl methyl sites for hydroxylation is 1. The highest BCUT2D eigenvalue weighted by molar-refractivity contribution is 5.03. The maximum absolute atomic E-state index is 5.86. The second kappa shape index (κ2) is 6.32. The van der Waals surface area contributed by atoms with Crippen LogP contribution in [0.25, 0.3) is 0 Å². The van der Waals surface area contributed by atoms with Crippen LogP contribution in [0, 0.1) is 0 Å². The third kappa shape index (κ3) is 3.31. The van der Waals surface area contributed by atoms with E-state index in [1.165, 1.54) is 32.1 Å². The number of nitrogens with zero attached hydrogens (tertiary/aromatic N) is 2. The summed E-state index contributed by atoms with van der Waals surface area (Å²) in [5, 5.41) is 11.8. The van der Waals surface area contributed by atoms with E-state index in [1.807, 2.05) is 0 Å². The van der Waals surface area contributed by atoms with Crippen LogP contribution in [-0.4, -0.2) is 23.3 Å². The molecule has 1 fully saturated rings.